The van der Waals surface area contributed by atoms with Gasteiger partial charge in [-0.05, 0) is 41.8 Å². The fraction of sp³-hybridized carbons (Fsp3) is 0.333. The van der Waals surface area contributed by atoms with Crippen molar-refractivity contribution in [2.24, 2.45) is 5.92 Å². The van der Waals surface area contributed by atoms with Gasteiger partial charge in [0.05, 0.1) is 5.92 Å². The fourth-order valence-corrected chi connectivity index (χ4v) is 3.20. The lowest BCUT2D eigenvalue weighted by molar-refractivity contribution is -0.128. The molecule has 0 spiro atoms. The van der Waals surface area contributed by atoms with E-state index in [1.807, 2.05) is 24.3 Å². The number of anilines is 1. The summed E-state index contributed by atoms with van der Waals surface area (Å²) in [5, 5.41) is 2.88. The van der Waals surface area contributed by atoms with Gasteiger partial charge in [-0.15, -0.1) is 0 Å². The number of ether oxygens (including phenoxy) is 1. The van der Waals surface area contributed by atoms with Crippen molar-refractivity contribution in [3.05, 3.63) is 54.3 Å². The maximum Gasteiger partial charge on any atom is 0.229 e. The number of likely N-dealkylation sites (tertiary alicyclic amines) is 1. The number of hydrogen-bond acceptors (Lipinski definition) is 3. The van der Waals surface area contributed by atoms with E-state index in [1.54, 1.807) is 24.1 Å². The molecule has 1 atom stereocenters. The van der Waals surface area contributed by atoms with Gasteiger partial charge < -0.3 is 15.0 Å². The number of rotatable bonds is 7. The van der Waals surface area contributed by atoms with E-state index in [4.69, 9.17) is 4.74 Å². The molecule has 1 aliphatic heterocycles. The Labute approximate surface area is 158 Å². The molecule has 3 rings (SSSR count). The Kier molecular flexibility index (Phi) is 6.19. The lowest BCUT2D eigenvalue weighted by atomic mass is 10.0. The van der Waals surface area contributed by atoms with Crippen LogP contribution in [0.2, 0.25) is 0 Å². The van der Waals surface area contributed by atoms with Crippen LogP contribution in [0.25, 0.3) is 11.1 Å². The Morgan fingerprint density at radius 2 is 1.78 bits per heavy atom. The van der Waals surface area contributed by atoms with Crippen molar-refractivity contribution in [3.63, 3.8) is 0 Å². The van der Waals surface area contributed by atoms with Gasteiger partial charge in [0.2, 0.25) is 11.8 Å². The molecule has 27 heavy (non-hydrogen) atoms. The van der Waals surface area contributed by atoms with Gasteiger partial charge in [0, 0.05) is 38.9 Å². The molecule has 2 aromatic rings. The number of carbonyl (C=O) groups excluding carboxylic acids is 2. The molecule has 1 aliphatic rings. The van der Waals surface area contributed by atoms with Crippen LogP contribution in [-0.2, 0) is 14.3 Å². The maximum absolute atomic E-state index is 13.0. The van der Waals surface area contributed by atoms with Gasteiger partial charge in [0.1, 0.15) is 5.82 Å². The molecule has 1 heterocycles. The highest BCUT2D eigenvalue weighted by Gasteiger charge is 2.33. The maximum atomic E-state index is 13.0. The van der Waals surface area contributed by atoms with Crippen molar-refractivity contribution >= 4 is 17.5 Å². The molecule has 5 nitrogen and oxygen atoms in total. The van der Waals surface area contributed by atoms with E-state index in [0.29, 0.717) is 25.4 Å². The summed E-state index contributed by atoms with van der Waals surface area (Å²) in [6.07, 6.45) is 1.01. The fourth-order valence-electron chi connectivity index (χ4n) is 3.20. The molecule has 2 aromatic carbocycles. The number of nitrogens with zero attached hydrogens (tertiary/aromatic N) is 1. The molecule has 2 amide bonds. The van der Waals surface area contributed by atoms with Crippen molar-refractivity contribution in [1.29, 1.82) is 0 Å². The summed E-state index contributed by atoms with van der Waals surface area (Å²) in [5.74, 6) is -0.744. The predicted molar refractivity (Wildman–Crippen MR) is 102 cm³/mol. The highest BCUT2D eigenvalue weighted by molar-refractivity contribution is 5.97. The Bertz CT molecular complexity index is 790. The summed E-state index contributed by atoms with van der Waals surface area (Å²) in [4.78, 5) is 26.2. The van der Waals surface area contributed by atoms with Crippen LogP contribution in [0, 0.1) is 11.7 Å². The number of nitrogens with one attached hydrogen (secondary N) is 1. The van der Waals surface area contributed by atoms with Gasteiger partial charge in [-0.25, -0.2) is 4.39 Å². The second-order valence-corrected chi connectivity index (χ2v) is 6.66. The minimum absolute atomic E-state index is 0.0120. The van der Waals surface area contributed by atoms with Crippen LogP contribution >= 0.6 is 0 Å². The van der Waals surface area contributed by atoms with Crippen LogP contribution in [0.4, 0.5) is 10.1 Å². The van der Waals surface area contributed by atoms with E-state index in [9.17, 15) is 14.0 Å². The zero-order valence-corrected chi connectivity index (χ0v) is 15.3. The predicted octanol–water partition coefficient (Wildman–Crippen LogP) is 3.32. The smallest absolute Gasteiger partial charge is 0.229 e. The molecule has 0 aliphatic carbocycles. The number of hydrogen-bond donors (Lipinski definition) is 1. The van der Waals surface area contributed by atoms with Gasteiger partial charge in [-0.2, -0.15) is 0 Å². The summed E-state index contributed by atoms with van der Waals surface area (Å²) >= 11 is 0. The highest BCUT2D eigenvalue weighted by Crippen LogP contribution is 2.23. The first-order valence-electron chi connectivity index (χ1n) is 9.00. The molecule has 0 radical (unpaired) electrons. The van der Waals surface area contributed by atoms with Crippen LogP contribution in [0.3, 0.4) is 0 Å². The Balaban J connectivity index is 1.56. The third-order valence-corrected chi connectivity index (χ3v) is 4.69. The Morgan fingerprint density at radius 3 is 2.41 bits per heavy atom. The summed E-state index contributed by atoms with van der Waals surface area (Å²) in [6, 6.07) is 13.6. The molecule has 1 fully saturated rings. The first-order valence-corrected chi connectivity index (χ1v) is 9.00. The number of methoxy groups -OCH3 is 1. The van der Waals surface area contributed by atoms with Crippen molar-refractivity contribution in [2.45, 2.75) is 12.8 Å². The van der Waals surface area contributed by atoms with Crippen LogP contribution < -0.4 is 5.32 Å². The van der Waals surface area contributed by atoms with Crippen LogP contribution in [-0.4, -0.2) is 43.5 Å². The van der Waals surface area contributed by atoms with Crippen LogP contribution in [0.15, 0.2) is 48.5 Å². The van der Waals surface area contributed by atoms with Gasteiger partial charge in [-0.3, -0.25) is 9.59 Å². The van der Waals surface area contributed by atoms with Gasteiger partial charge in [0.15, 0.2) is 0 Å². The molecule has 1 saturated heterocycles. The van der Waals surface area contributed by atoms with Gasteiger partial charge in [-0.1, -0.05) is 24.3 Å². The van der Waals surface area contributed by atoms with E-state index < -0.39 is 0 Å². The van der Waals surface area contributed by atoms with E-state index in [2.05, 4.69) is 5.32 Å². The lowest BCUT2D eigenvalue weighted by Gasteiger charge is -2.16. The molecule has 0 saturated carbocycles. The van der Waals surface area contributed by atoms with E-state index in [0.717, 1.165) is 17.5 Å². The second kappa shape index (κ2) is 8.77. The van der Waals surface area contributed by atoms with E-state index in [-0.39, 0.29) is 30.0 Å². The van der Waals surface area contributed by atoms with Crippen LogP contribution in [0.5, 0.6) is 0 Å². The van der Waals surface area contributed by atoms with E-state index >= 15 is 0 Å². The second-order valence-electron chi connectivity index (χ2n) is 6.66. The van der Waals surface area contributed by atoms with E-state index in [1.165, 1.54) is 12.1 Å². The Morgan fingerprint density at radius 1 is 1.15 bits per heavy atom. The quantitative estimate of drug-likeness (QED) is 0.761. The number of carbonyl (C=O) groups is 2. The largest absolute Gasteiger partial charge is 0.385 e. The number of amides is 2. The summed E-state index contributed by atoms with van der Waals surface area (Å²) in [7, 11) is 1.63. The minimum Gasteiger partial charge on any atom is -0.385 e. The SMILES string of the molecule is COCCCN1C[C@@H](C(=O)Nc2ccc(-c3ccc(F)cc3)cc2)CC1=O. The molecule has 0 aromatic heterocycles. The monoisotopic (exact) mass is 370 g/mol. The van der Waals surface area contributed by atoms with Crippen LogP contribution in [0.1, 0.15) is 12.8 Å². The first-order chi connectivity index (χ1) is 13.1. The third-order valence-electron chi connectivity index (χ3n) is 4.69. The zero-order valence-electron chi connectivity index (χ0n) is 15.3. The van der Waals surface area contributed by atoms with Crippen molar-refractivity contribution in [1.82, 2.24) is 4.90 Å². The number of halogens is 1. The third kappa shape index (κ3) is 4.92. The minimum atomic E-state index is -0.336. The normalized spacial score (nSPS) is 16.6. The standard InChI is InChI=1S/C21H23FN2O3/c1-27-12-2-11-24-14-17(13-20(24)25)21(26)23-19-9-5-16(6-10-19)15-3-7-18(22)8-4-15/h3-10,17H,2,11-14H2,1H3,(H,23,26)/t17-/m0/s1. The summed E-state index contributed by atoms with van der Waals surface area (Å²) in [6.45, 7) is 1.66. The summed E-state index contributed by atoms with van der Waals surface area (Å²) in [5.41, 5.74) is 2.52. The van der Waals surface area contributed by atoms with Crippen molar-refractivity contribution < 1.29 is 18.7 Å². The molecular formula is C21H23FN2O3. The van der Waals surface area contributed by atoms with Gasteiger partial charge >= 0.3 is 0 Å². The molecular weight excluding hydrogens is 347 g/mol. The topological polar surface area (TPSA) is 58.6 Å². The molecule has 142 valence electrons. The average Bonchev–Trinajstić information content (AvgIpc) is 3.04. The highest BCUT2D eigenvalue weighted by atomic mass is 19.1. The van der Waals surface area contributed by atoms with Gasteiger partial charge in [0.25, 0.3) is 0 Å². The van der Waals surface area contributed by atoms with Crippen molar-refractivity contribution in [2.75, 3.05) is 32.1 Å². The zero-order chi connectivity index (χ0) is 19.2. The molecule has 6 heteroatoms. The summed E-state index contributed by atoms with van der Waals surface area (Å²) < 4.78 is 18.0. The molecule has 0 bridgehead atoms. The first kappa shape index (κ1) is 19.0. The van der Waals surface area contributed by atoms with Crippen molar-refractivity contribution in [3.8, 4) is 11.1 Å². The average molecular weight is 370 g/mol. The molecule has 0 unspecified atom stereocenters. The Hall–Kier alpha value is -2.73. The molecule has 1 N–H and O–H groups in total. The number of benzene rings is 2. The lowest BCUT2D eigenvalue weighted by Crippen LogP contribution is -2.29.